The summed E-state index contributed by atoms with van der Waals surface area (Å²) in [7, 11) is 0. The van der Waals surface area contributed by atoms with Crippen molar-refractivity contribution >= 4 is 12.0 Å². The molecule has 0 N–H and O–H groups in total. The minimum Gasteiger partial charge on any atom is -0.444 e. The van der Waals surface area contributed by atoms with E-state index in [0.717, 1.165) is 18.4 Å². The molecule has 1 saturated heterocycles. The summed E-state index contributed by atoms with van der Waals surface area (Å²) in [5, 5.41) is 0. The molecule has 1 atom stereocenters. The summed E-state index contributed by atoms with van der Waals surface area (Å²) in [6.45, 7) is 9.17. The minimum absolute atomic E-state index is 0.00938. The molecule has 0 radical (unpaired) electrons. The Hall–Kier alpha value is -2.11. The smallest absolute Gasteiger partial charge is 0.410 e. The van der Waals surface area contributed by atoms with Gasteiger partial charge in [0.25, 0.3) is 0 Å². The van der Waals surface area contributed by atoms with E-state index >= 15 is 0 Å². The van der Waals surface area contributed by atoms with E-state index in [2.05, 4.69) is 4.98 Å². The lowest BCUT2D eigenvalue weighted by molar-refractivity contribution is -0.138. The van der Waals surface area contributed by atoms with Gasteiger partial charge in [-0.15, -0.1) is 0 Å². The largest absolute Gasteiger partial charge is 0.444 e. The van der Waals surface area contributed by atoms with Crippen LogP contribution in [0, 0.1) is 0 Å². The maximum atomic E-state index is 13.1. The van der Waals surface area contributed by atoms with Crippen LogP contribution < -0.4 is 0 Å². The zero-order chi connectivity index (χ0) is 18.4. The zero-order valence-corrected chi connectivity index (χ0v) is 15.7. The lowest BCUT2D eigenvalue weighted by Crippen LogP contribution is -2.53. The highest BCUT2D eigenvalue weighted by atomic mass is 16.6. The molecule has 1 aromatic heterocycles. The van der Waals surface area contributed by atoms with E-state index in [0.29, 0.717) is 26.1 Å². The molecule has 0 saturated carbocycles. The van der Waals surface area contributed by atoms with Crippen molar-refractivity contribution in [2.45, 2.75) is 65.1 Å². The highest BCUT2D eigenvalue weighted by Gasteiger charge is 2.36. The zero-order valence-electron chi connectivity index (χ0n) is 15.7. The van der Waals surface area contributed by atoms with Gasteiger partial charge in [-0.25, -0.2) is 4.79 Å². The van der Waals surface area contributed by atoms with Gasteiger partial charge >= 0.3 is 6.09 Å². The highest BCUT2D eigenvalue weighted by Crippen LogP contribution is 2.22. The van der Waals surface area contributed by atoms with Crippen LogP contribution in [0.2, 0.25) is 0 Å². The van der Waals surface area contributed by atoms with Gasteiger partial charge in [-0.1, -0.05) is 0 Å². The monoisotopic (exact) mass is 347 g/mol. The number of rotatable bonds is 4. The molecule has 0 aromatic carbocycles. The predicted octanol–water partition coefficient (Wildman–Crippen LogP) is 3.22. The lowest BCUT2D eigenvalue weighted by atomic mass is 10.0. The molecule has 1 aromatic rings. The fourth-order valence-electron chi connectivity index (χ4n) is 2.99. The van der Waals surface area contributed by atoms with Crippen LogP contribution in [-0.2, 0) is 16.1 Å². The van der Waals surface area contributed by atoms with E-state index in [1.807, 2.05) is 39.8 Å². The highest BCUT2D eigenvalue weighted by molar-refractivity contribution is 5.86. The number of hydrogen-bond donors (Lipinski definition) is 0. The lowest BCUT2D eigenvalue weighted by Gasteiger charge is -2.38. The summed E-state index contributed by atoms with van der Waals surface area (Å²) >= 11 is 0. The van der Waals surface area contributed by atoms with Crippen molar-refractivity contribution in [1.29, 1.82) is 0 Å². The number of hydrogen-bond acceptors (Lipinski definition) is 4. The van der Waals surface area contributed by atoms with Crippen molar-refractivity contribution in [3.05, 3.63) is 30.1 Å². The quantitative estimate of drug-likeness (QED) is 0.839. The van der Waals surface area contributed by atoms with E-state index in [9.17, 15) is 9.59 Å². The third kappa shape index (κ3) is 5.44. The van der Waals surface area contributed by atoms with E-state index in [1.165, 1.54) is 0 Å². The van der Waals surface area contributed by atoms with Crippen LogP contribution in [0.5, 0.6) is 0 Å². The Morgan fingerprint density at radius 3 is 2.56 bits per heavy atom. The van der Waals surface area contributed by atoms with Gasteiger partial charge in [0.15, 0.2) is 0 Å². The van der Waals surface area contributed by atoms with Crippen molar-refractivity contribution < 1.29 is 14.3 Å². The summed E-state index contributed by atoms with van der Waals surface area (Å²) in [5.41, 5.74) is 0.466. The third-order valence-electron chi connectivity index (χ3n) is 4.23. The summed E-state index contributed by atoms with van der Waals surface area (Å²) in [5.74, 6) is -0.00938. The number of piperidine rings is 1. The Bertz CT molecular complexity index is 583. The molecule has 2 amide bonds. The van der Waals surface area contributed by atoms with Crippen molar-refractivity contribution in [3.8, 4) is 0 Å². The van der Waals surface area contributed by atoms with E-state index in [-0.39, 0.29) is 5.91 Å². The topological polar surface area (TPSA) is 62.7 Å². The normalized spacial score (nSPS) is 17.9. The number of aromatic nitrogens is 1. The predicted molar refractivity (Wildman–Crippen MR) is 95.9 cm³/mol. The average molecular weight is 347 g/mol. The molecule has 0 unspecified atom stereocenters. The first-order chi connectivity index (χ1) is 11.8. The van der Waals surface area contributed by atoms with Gasteiger partial charge in [0.2, 0.25) is 5.91 Å². The molecular formula is C19H29N3O3. The van der Waals surface area contributed by atoms with E-state index in [4.69, 9.17) is 4.74 Å². The van der Waals surface area contributed by atoms with Crippen molar-refractivity contribution in [1.82, 2.24) is 14.8 Å². The number of carbonyl (C=O) groups is 2. The summed E-state index contributed by atoms with van der Waals surface area (Å²) in [6.07, 6.45) is 5.58. The van der Waals surface area contributed by atoms with Crippen LogP contribution in [0.25, 0.3) is 0 Å². The number of amides is 2. The van der Waals surface area contributed by atoms with Gasteiger partial charge < -0.3 is 9.64 Å². The van der Waals surface area contributed by atoms with Crippen molar-refractivity contribution in [2.24, 2.45) is 0 Å². The first kappa shape index (κ1) is 19.2. The van der Waals surface area contributed by atoms with Crippen LogP contribution in [0.4, 0.5) is 4.79 Å². The average Bonchev–Trinajstić information content (AvgIpc) is 2.58. The van der Waals surface area contributed by atoms with Crippen LogP contribution in [0.15, 0.2) is 24.5 Å². The first-order valence-electron chi connectivity index (χ1n) is 8.99. The maximum absolute atomic E-state index is 13.1. The Balaban J connectivity index is 2.11. The fraction of sp³-hybridized carbons (Fsp3) is 0.632. The van der Waals surface area contributed by atoms with Crippen LogP contribution >= 0.6 is 0 Å². The molecule has 6 heteroatoms. The van der Waals surface area contributed by atoms with Gasteiger partial charge in [-0.3, -0.25) is 14.7 Å². The van der Waals surface area contributed by atoms with E-state index in [1.54, 1.807) is 22.2 Å². The van der Waals surface area contributed by atoms with Crippen LogP contribution in [0.1, 0.15) is 52.5 Å². The maximum Gasteiger partial charge on any atom is 0.410 e. The van der Waals surface area contributed by atoms with Crippen molar-refractivity contribution in [2.75, 3.05) is 13.1 Å². The Morgan fingerprint density at radius 1 is 1.28 bits per heavy atom. The molecule has 1 aliphatic rings. The second kappa shape index (κ2) is 8.32. The van der Waals surface area contributed by atoms with Gasteiger partial charge in [0, 0.05) is 32.0 Å². The van der Waals surface area contributed by atoms with Gasteiger partial charge in [-0.2, -0.15) is 0 Å². The number of likely N-dealkylation sites (N-methyl/N-ethyl adjacent to an activating group) is 1. The fourth-order valence-corrected chi connectivity index (χ4v) is 2.99. The summed E-state index contributed by atoms with van der Waals surface area (Å²) in [6, 6.07) is 3.37. The molecule has 2 heterocycles. The SMILES string of the molecule is CCN(Cc1ccncc1)C(=O)[C@@H]1CCCCN1C(=O)OC(C)(C)C. The van der Waals surface area contributed by atoms with E-state index < -0.39 is 17.7 Å². The molecular weight excluding hydrogens is 318 g/mol. The molecule has 2 rings (SSSR count). The Morgan fingerprint density at radius 2 is 1.96 bits per heavy atom. The molecule has 25 heavy (non-hydrogen) atoms. The number of ether oxygens (including phenoxy) is 1. The molecule has 6 nitrogen and oxygen atoms in total. The van der Waals surface area contributed by atoms with Crippen molar-refractivity contribution in [3.63, 3.8) is 0 Å². The van der Waals surface area contributed by atoms with Crippen LogP contribution in [-0.4, -0.2) is 51.5 Å². The summed E-state index contributed by atoms with van der Waals surface area (Å²) < 4.78 is 5.50. The number of nitrogens with zero attached hydrogens (tertiary/aromatic N) is 3. The molecule has 0 aliphatic carbocycles. The third-order valence-corrected chi connectivity index (χ3v) is 4.23. The molecule has 0 bridgehead atoms. The van der Waals surface area contributed by atoms with Gasteiger partial charge in [0.1, 0.15) is 11.6 Å². The molecule has 1 fully saturated rings. The molecule has 0 spiro atoms. The molecule has 138 valence electrons. The second-order valence-corrected chi connectivity index (χ2v) is 7.39. The second-order valence-electron chi connectivity index (χ2n) is 7.39. The Labute approximate surface area is 150 Å². The number of carbonyl (C=O) groups excluding carboxylic acids is 2. The van der Waals surface area contributed by atoms with Gasteiger partial charge in [0.05, 0.1) is 0 Å². The number of pyridine rings is 1. The van der Waals surface area contributed by atoms with Crippen LogP contribution in [0.3, 0.4) is 0 Å². The van der Waals surface area contributed by atoms with Gasteiger partial charge in [-0.05, 0) is 64.7 Å². The summed E-state index contributed by atoms with van der Waals surface area (Å²) in [4.78, 5) is 33.0. The first-order valence-corrected chi connectivity index (χ1v) is 8.99. The Kier molecular flexibility index (Phi) is 6.39. The number of likely N-dealkylation sites (tertiary alicyclic amines) is 1. The molecule has 1 aliphatic heterocycles. The standard InChI is InChI=1S/C19H29N3O3/c1-5-21(14-15-9-11-20-12-10-15)17(23)16-8-6-7-13-22(16)18(24)25-19(2,3)4/h9-12,16H,5-8,13-14H2,1-4H3/t16-/m0/s1. The minimum atomic E-state index is -0.566.